The van der Waals surface area contributed by atoms with Crippen LogP contribution in [-0.2, 0) is 16.1 Å². The van der Waals surface area contributed by atoms with Gasteiger partial charge in [0.15, 0.2) is 18.1 Å². The third-order valence-corrected chi connectivity index (χ3v) is 4.61. The van der Waals surface area contributed by atoms with E-state index in [-0.39, 0.29) is 29.8 Å². The molecule has 2 aromatic rings. The zero-order chi connectivity index (χ0) is 20.8. The summed E-state index contributed by atoms with van der Waals surface area (Å²) in [5.41, 5.74) is 2.83. The van der Waals surface area contributed by atoms with Crippen LogP contribution >= 0.6 is 0 Å². The predicted molar refractivity (Wildman–Crippen MR) is 107 cm³/mol. The van der Waals surface area contributed by atoms with Crippen LogP contribution in [0.1, 0.15) is 42.6 Å². The van der Waals surface area contributed by atoms with Crippen molar-refractivity contribution in [2.24, 2.45) is 0 Å². The van der Waals surface area contributed by atoms with Crippen LogP contribution in [0.25, 0.3) is 11.1 Å². The normalized spacial score (nSPS) is 12.3. The van der Waals surface area contributed by atoms with E-state index < -0.39 is 5.97 Å². The smallest absolute Gasteiger partial charge is 0.344 e. The molecule has 1 amide bonds. The molecule has 1 heterocycles. The maximum absolute atomic E-state index is 12.0. The van der Waals surface area contributed by atoms with Crippen molar-refractivity contribution in [1.82, 2.24) is 5.32 Å². The van der Waals surface area contributed by atoms with Crippen LogP contribution in [-0.4, -0.2) is 36.8 Å². The highest BCUT2D eigenvalue weighted by Crippen LogP contribution is 2.45. The van der Waals surface area contributed by atoms with Crippen LogP contribution in [0.15, 0.2) is 30.3 Å². The summed E-state index contributed by atoms with van der Waals surface area (Å²) in [6, 6.07) is 8.61. The molecule has 2 aromatic carbocycles. The number of phenolic OH excluding ortho intramolecular Hbond substituents is 1. The number of carbonyl (C=O) groups excluding carboxylic acids is 2. The van der Waals surface area contributed by atoms with Crippen LogP contribution in [0.2, 0.25) is 0 Å². The van der Waals surface area contributed by atoms with Gasteiger partial charge in [0.05, 0.1) is 13.2 Å². The SMILES string of the molecule is CCCCOC(=O)COc1c(-c2cccc3c2CNC3=O)ccc(O)c1OCC. The number of esters is 1. The topological polar surface area (TPSA) is 94.1 Å². The second-order valence-electron chi connectivity index (χ2n) is 6.60. The largest absolute Gasteiger partial charge is 0.504 e. The van der Waals surface area contributed by atoms with Gasteiger partial charge in [-0.3, -0.25) is 4.79 Å². The number of ether oxygens (including phenoxy) is 3. The lowest BCUT2D eigenvalue weighted by atomic mass is 9.95. The van der Waals surface area contributed by atoms with Crippen molar-refractivity contribution in [2.75, 3.05) is 19.8 Å². The Morgan fingerprint density at radius 2 is 1.86 bits per heavy atom. The lowest BCUT2D eigenvalue weighted by molar-refractivity contribution is -0.146. The van der Waals surface area contributed by atoms with Gasteiger partial charge in [0.1, 0.15) is 0 Å². The molecule has 0 aliphatic carbocycles. The molecule has 29 heavy (non-hydrogen) atoms. The first-order chi connectivity index (χ1) is 14.1. The standard InChI is InChI=1S/C22H25NO6/c1-3-5-11-28-19(25)13-29-20-15(9-10-18(24)21(20)27-4-2)14-7-6-8-16-17(14)12-23-22(16)26/h6-10,24H,3-5,11-13H2,1-2H3,(H,23,26). The van der Waals surface area contributed by atoms with Crippen molar-refractivity contribution < 1.29 is 28.9 Å². The summed E-state index contributed by atoms with van der Waals surface area (Å²) < 4.78 is 16.5. The predicted octanol–water partition coefficient (Wildman–Crippen LogP) is 3.42. The summed E-state index contributed by atoms with van der Waals surface area (Å²) in [7, 11) is 0. The number of phenols is 1. The molecule has 7 nitrogen and oxygen atoms in total. The monoisotopic (exact) mass is 399 g/mol. The number of fused-ring (bicyclic) bond motifs is 1. The molecule has 1 aliphatic heterocycles. The van der Waals surface area contributed by atoms with Crippen molar-refractivity contribution in [3.8, 4) is 28.4 Å². The van der Waals surface area contributed by atoms with E-state index in [2.05, 4.69) is 5.32 Å². The zero-order valence-corrected chi connectivity index (χ0v) is 16.6. The highest BCUT2D eigenvalue weighted by atomic mass is 16.6. The van der Waals surface area contributed by atoms with Crippen LogP contribution in [0, 0.1) is 0 Å². The van der Waals surface area contributed by atoms with Crippen LogP contribution < -0.4 is 14.8 Å². The molecule has 0 radical (unpaired) electrons. The van der Waals surface area contributed by atoms with Crippen molar-refractivity contribution in [3.63, 3.8) is 0 Å². The molecule has 0 bridgehead atoms. The van der Waals surface area contributed by atoms with Crippen LogP contribution in [0.3, 0.4) is 0 Å². The number of amides is 1. The van der Waals surface area contributed by atoms with Gasteiger partial charge < -0.3 is 24.6 Å². The maximum atomic E-state index is 12.0. The average Bonchev–Trinajstić information content (AvgIpc) is 3.10. The lowest BCUT2D eigenvalue weighted by Crippen LogP contribution is -2.16. The Kier molecular flexibility index (Phi) is 6.59. The fourth-order valence-corrected chi connectivity index (χ4v) is 3.20. The van der Waals surface area contributed by atoms with E-state index in [0.717, 1.165) is 24.0 Å². The summed E-state index contributed by atoms with van der Waals surface area (Å²) in [6.45, 7) is 4.53. The Bertz CT molecular complexity index is 908. The van der Waals surface area contributed by atoms with Crippen LogP contribution in [0.4, 0.5) is 0 Å². The number of unbranched alkanes of at least 4 members (excludes halogenated alkanes) is 1. The van der Waals surface area contributed by atoms with Gasteiger partial charge in [-0.25, -0.2) is 4.79 Å². The Balaban J connectivity index is 1.97. The van der Waals surface area contributed by atoms with Crippen LogP contribution in [0.5, 0.6) is 17.2 Å². The molecule has 2 N–H and O–H groups in total. The first kappa shape index (κ1) is 20.5. The fraction of sp³-hybridized carbons (Fsp3) is 0.364. The quantitative estimate of drug-likeness (QED) is 0.496. The van der Waals surface area contributed by atoms with E-state index in [0.29, 0.717) is 30.9 Å². The minimum absolute atomic E-state index is 0.0910. The first-order valence-corrected chi connectivity index (χ1v) is 9.74. The summed E-state index contributed by atoms with van der Waals surface area (Å²) in [5, 5.41) is 13.1. The average molecular weight is 399 g/mol. The van der Waals surface area contributed by atoms with Crippen molar-refractivity contribution in [3.05, 3.63) is 41.5 Å². The molecular weight excluding hydrogens is 374 g/mol. The third-order valence-electron chi connectivity index (χ3n) is 4.61. The van der Waals surface area contributed by atoms with E-state index in [1.54, 1.807) is 25.1 Å². The summed E-state index contributed by atoms with van der Waals surface area (Å²) >= 11 is 0. The van der Waals surface area contributed by atoms with Gasteiger partial charge in [0, 0.05) is 17.7 Å². The highest BCUT2D eigenvalue weighted by molar-refractivity contribution is 6.01. The molecule has 0 saturated heterocycles. The second-order valence-corrected chi connectivity index (χ2v) is 6.60. The van der Waals surface area contributed by atoms with E-state index in [1.807, 2.05) is 13.0 Å². The zero-order valence-electron chi connectivity index (χ0n) is 16.6. The van der Waals surface area contributed by atoms with Gasteiger partial charge in [0.25, 0.3) is 5.91 Å². The fourth-order valence-electron chi connectivity index (χ4n) is 3.20. The Labute approximate surface area is 169 Å². The number of nitrogens with one attached hydrogen (secondary N) is 1. The number of aromatic hydroxyl groups is 1. The molecule has 3 rings (SSSR count). The minimum Gasteiger partial charge on any atom is -0.504 e. The summed E-state index contributed by atoms with van der Waals surface area (Å²) in [6.07, 6.45) is 1.70. The third kappa shape index (κ3) is 4.45. The molecule has 0 aromatic heterocycles. The molecule has 0 atom stereocenters. The van der Waals surface area contributed by atoms with Gasteiger partial charge in [-0.15, -0.1) is 0 Å². The molecule has 0 fully saturated rings. The van der Waals surface area contributed by atoms with Crippen molar-refractivity contribution >= 4 is 11.9 Å². The number of carbonyl (C=O) groups is 2. The number of hydrogen-bond acceptors (Lipinski definition) is 6. The summed E-state index contributed by atoms with van der Waals surface area (Å²) in [4.78, 5) is 24.0. The van der Waals surface area contributed by atoms with Gasteiger partial charge >= 0.3 is 5.97 Å². The van der Waals surface area contributed by atoms with Gasteiger partial charge in [-0.05, 0) is 42.7 Å². The Morgan fingerprint density at radius 1 is 1.07 bits per heavy atom. The maximum Gasteiger partial charge on any atom is 0.344 e. The summed E-state index contributed by atoms with van der Waals surface area (Å²) in [5.74, 6) is -0.321. The van der Waals surface area contributed by atoms with E-state index in [9.17, 15) is 14.7 Å². The molecule has 1 aliphatic rings. The molecule has 154 valence electrons. The highest BCUT2D eigenvalue weighted by Gasteiger charge is 2.26. The van der Waals surface area contributed by atoms with E-state index in [1.165, 1.54) is 6.07 Å². The number of rotatable bonds is 9. The minimum atomic E-state index is -0.495. The van der Waals surface area contributed by atoms with Gasteiger partial charge in [-0.2, -0.15) is 0 Å². The Morgan fingerprint density at radius 3 is 2.62 bits per heavy atom. The van der Waals surface area contributed by atoms with Crippen molar-refractivity contribution in [2.45, 2.75) is 33.2 Å². The molecule has 7 heteroatoms. The molecule has 0 unspecified atom stereocenters. The first-order valence-electron chi connectivity index (χ1n) is 9.74. The van der Waals surface area contributed by atoms with Gasteiger partial charge in [-0.1, -0.05) is 25.5 Å². The lowest BCUT2D eigenvalue weighted by Gasteiger charge is -2.18. The number of benzene rings is 2. The van der Waals surface area contributed by atoms with E-state index in [4.69, 9.17) is 14.2 Å². The molecular formula is C22H25NO6. The van der Waals surface area contributed by atoms with Crippen molar-refractivity contribution in [1.29, 1.82) is 0 Å². The Hall–Kier alpha value is -3.22. The van der Waals surface area contributed by atoms with Gasteiger partial charge in [0.2, 0.25) is 5.75 Å². The second kappa shape index (κ2) is 9.32. The molecule has 0 spiro atoms. The van der Waals surface area contributed by atoms with E-state index >= 15 is 0 Å². The number of hydrogen-bond donors (Lipinski definition) is 2. The molecule has 0 saturated carbocycles.